The molecular weight excluding hydrogens is 292 g/mol. The van der Waals surface area contributed by atoms with Crippen LogP contribution >= 0.6 is 0 Å². The van der Waals surface area contributed by atoms with Crippen molar-refractivity contribution in [2.24, 2.45) is 5.92 Å². The maximum atomic E-state index is 12.6. The minimum Gasteiger partial charge on any atom is -0.378 e. The van der Waals surface area contributed by atoms with Crippen molar-refractivity contribution in [3.63, 3.8) is 0 Å². The van der Waals surface area contributed by atoms with Gasteiger partial charge in [0.25, 0.3) is 5.91 Å². The third kappa shape index (κ3) is 4.57. The molecule has 1 aromatic rings. The van der Waals surface area contributed by atoms with Gasteiger partial charge in [-0.25, -0.2) is 0 Å². The summed E-state index contributed by atoms with van der Waals surface area (Å²) in [5.74, 6) is 5.35. The summed E-state index contributed by atoms with van der Waals surface area (Å²) in [5, 5.41) is 12.3. The van der Waals surface area contributed by atoms with Gasteiger partial charge in [-0.05, 0) is 38.5 Å². The lowest BCUT2D eigenvalue weighted by molar-refractivity contribution is -0.124. The van der Waals surface area contributed by atoms with E-state index in [2.05, 4.69) is 17.2 Å². The number of nitrogens with one attached hydrogen (secondary N) is 1. The smallest absolute Gasteiger partial charge is 0.253 e. The summed E-state index contributed by atoms with van der Waals surface area (Å²) in [6.07, 6.45) is 0.684. The Bertz CT molecular complexity index is 665. The third-order valence-electron chi connectivity index (χ3n) is 3.71. The second kappa shape index (κ2) is 6.84. The number of hydrogen-bond donors (Lipinski definition) is 2. The summed E-state index contributed by atoms with van der Waals surface area (Å²) in [7, 11) is 1.61. The Morgan fingerprint density at radius 2 is 2.13 bits per heavy atom. The molecule has 1 aliphatic rings. The lowest BCUT2D eigenvalue weighted by Crippen LogP contribution is -2.33. The highest BCUT2D eigenvalue weighted by Gasteiger charge is 2.30. The van der Waals surface area contributed by atoms with E-state index in [9.17, 15) is 14.7 Å². The van der Waals surface area contributed by atoms with Crippen molar-refractivity contribution < 1.29 is 14.7 Å². The second-order valence-corrected chi connectivity index (χ2v) is 6.24. The maximum Gasteiger partial charge on any atom is 0.253 e. The van der Waals surface area contributed by atoms with Crippen molar-refractivity contribution in [2.45, 2.75) is 25.9 Å². The lowest BCUT2D eigenvalue weighted by atomic mass is 10.1. The lowest BCUT2D eigenvalue weighted by Gasteiger charge is -2.16. The topological polar surface area (TPSA) is 69.6 Å². The molecule has 1 aromatic carbocycles. The van der Waals surface area contributed by atoms with E-state index in [0.717, 1.165) is 0 Å². The molecule has 2 rings (SSSR count). The summed E-state index contributed by atoms with van der Waals surface area (Å²) in [5.41, 5.74) is 0.153. The van der Waals surface area contributed by atoms with Crippen molar-refractivity contribution in [2.75, 3.05) is 20.1 Å². The van der Waals surface area contributed by atoms with E-state index in [1.807, 2.05) is 0 Å². The number of hydrogen-bond acceptors (Lipinski definition) is 3. The van der Waals surface area contributed by atoms with Gasteiger partial charge in [0, 0.05) is 31.3 Å². The van der Waals surface area contributed by atoms with Crippen molar-refractivity contribution >= 4 is 11.8 Å². The van der Waals surface area contributed by atoms with Gasteiger partial charge in [-0.2, -0.15) is 0 Å². The molecule has 0 saturated carbocycles. The molecule has 2 amide bonds. The highest BCUT2D eigenvalue weighted by Crippen LogP contribution is 2.19. The first-order chi connectivity index (χ1) is 10.8. The molecule has 1 unspecified atom stereocenters. The molecule has 122 valence electrons. The number of carbonyl (C=O) groups is 2. The Balaban J connectivity index is 2.11. The van der Waals surface area contributed by atoms with Crippen LogP contribution < -0.4 is 5.32 Å². The summed E-state index contributed by atoms with van der Waals surface area (Å²) in [4.78, 5) is 25.9. The SMILES string of the molecule is CNC(=O)C1CCN(C(=O)c2cccc(C#CC(C)(C)O)c2)C1. The van der Waals surface area contributed by atoms with Crippen LogP contribution in [0.15, 0.2) is 24.3 Å². The number of rotatable bonds is 2. The number of aliphatic hydroxyl groups is 1. The van der Waals surface area contributed by atoms with E-state index in [4.69, 9.17) is 0 Å². The third-order valence-corrected chi connectivity index (χ3v) is 3.71. The highest BCUT2D eigenvalue weighted by atomic mass is 16.3. The van der Waals surface area contributed by atoms with Gasteiger partial charge in [0.05, 0.1) is 5.92 Å². The molecule has 5 nitrogen and oxygen atoms in total. The summed E-state index contributed by atoms with van der Waals surface area (Å²) >= 11 is 0. The Morgan fingerprint density at radius 3 is 2.78 bits per heavy atom. The summed E-state index contributed by atoms with van der Waals surface area (Å²) in [6.45, 7) is 4.24. The fraction of sp³-hybridized carbons (Fsp3) is 0.444. The van der Waals surface area contributed by atoms with Gasteiger partial charge < -0.3 is 15.3 Å². The average Bonchev–Trinajstić information content (AvgIpc) is 3.01. The molecule has 0 aliphatic carbocycles. The number of benzene rings is 1. The molecule has 1 saturated heterocycles. The van der Waals surface area contributed by atoms with Crippen LogP contribution in [0.3, 0.4) is 0 Å². The number of carbonyl (C=O) groups excluding carboxylic acids is 2. The normalized spacial score (nSPS) is 17.4. The number of nitrogens with zero attached hydrogens (tertiary/aromatic N) is 1. The number of likely N-dealkylation sites (tertiary alicyclic amines) is 1. The monoisotopic (exact) mass is 314 g/mol. The van der Waals surface area contributed by atoms with Crippen LogP contribution in [0.1, 0.15) is 36.2 Å². The molecule has 0 radical (unpaired) electrons. The maximum absolute atomic E-state index is 12.6. The van der Waals surface area contributed by atoms with Gasteiger partial charge in [-0.1, -0.05) is 17.9 Å². The van der Waals surface area contributed by atoms with Crippen LogP contribution in [0, 0.1) is 17.8 Å². The van der Waals surface area contributed by atoms with Gasteiger partial charge in [0.15, 0.2) is 0 Å². The molecule has 23 heavy (non-hydrogen) atoms. The summed E-state index contributed by atoms with van der Waals surface area (Å²) in [6, 6.07) is 7.03. The van der Waals surface area contributed by atoms with Crippen molar-refractivity contribution in [1.82, 2.24) is 10.2 Å². The Labute approximate surface area is 136 Å². The van der Waals surface area contributed by atoms with Crippen LogP contribution in [0.2, 0.25) is 0 Å². The Morgan fingerprint density at radius 1 is 1.39 bits per heavy atom. The molecule has 1 aliphatic heterocycles. The van der Waals surface area contributed by atoms with Crippen LogP contribution in [-0.4, -0.2) is 47.6 Å². The van der Waals surface area contributed by atoms with Gasteiger partial charge in [0.2, 0.25) is 5.91 Å². The van der Waals surface area contributed by atoms with E-state index in [1.165, 1.54) is 0 Å². The zero-order valence-electron chi connectivity index (χ0n) is 13.7. The first kappa shape index (κ1) is 17.0. The van der Waals surface area contributed by atoms with Crippen LogP contribution in [0.4, 0.5) is 0 Å². The highest BCUT2D eigenvalue weighted by molar-refractivity contribution is 5.95. The van der Waals surface area contributed by atoms with Crippen LogP contribution in [0.25, 0.3) is 0 Å². The average molecular weight is 314 g/mol. The van der Waals surface area contributed by atoms with Gasteiger partial charge in [-0.3, -0.25) is 9.59 Å². The standard InChI is InChI=1S/C18H22N2O3/c1-18(2,23)9-7-13-5-4-6-14(11-13)17(22)20-10-8-15(12-20)16(21)19-3/h4-6,11,15,23H,8,10,12H2,1-3H3,(H,19,21). The van der Waals surface area contributed by atoms with Crippen molar-refractivity contribution in [1.29, 1.82) is 0 Å². The van der Waals surface area contributed by atoms with E-state index in [-0.39, 0.29) is 17.7 Å². The van der Waals surface area contributed by atoms with Crippen molar-refractivity contribution in [3.05, 3.63) is 35.4 Å². The predicted octanol–water partition coefficient (Wildman–Crippen LogP) is 1.02. The Hall–Kier alpha value is -2.32. The number of amides is 2. The largest absolute Gasteiger partial charge is 0.378 e. The molecule has 5 heteroatoms. The second-order valence-electron chi connectivity index (χ2n) is 6.24. The predicted molar refractivity (Wildman–Crippen MR) is 87.7 cm³/mol. The first-order valence-electron chi connectivity index (χ1n) is 7.66. The van der Waals surface area contributed by atoms with Gasteiger partial charge in [-0.15, -0.1) is 0 Å². The van der Waals surface area contributed by atoms with E-state index in [0.29, 0.717) is 30.6 Å². The molecular formula is C18H22N2O3. The molecule has 2 N–H and O–H groups in total. The molecule has 0 aromatic heterocycles. The molecule has 1 atom stereocenters. The van der Waals surface area contributed by atoms with Gasteiger partial charge in [0.1, 0.15) is 5.60 Å². The zero-order chi connectivity index (χ0) is 17.0. The zero-order valence-corrected chi connectivity index (χ0v) is 13.7. The Kier molecular flexibility index (Phi) is 5.07. The van der Waals surface area contributed by atoms with Crippen LogP contribution in [-0.2, 0) is 4.79 Å². The molecule has 1 heterocycles. The molecule has 0 bridgehead atoms. The van der Waals surface area contributed by atoms with Gasteiger partial charge >= 0.3 is 0 Å². The quantitative estimate of drug-likeness (QED) is 0.801. The minimum atomic E-state index is -1.07. The minimum absolute atomic E-state index is 0.0231. The molecule has 1 fully saturated rings. The van der Waals surface area contributed by atoms with E-state index < -0.39 is 5.60 Å². The fourth-order valence-corrected chi connectivity index (χ4v) is 2.50. The fourth-order valence-electron chi connectivity index (χ4n) is 2.50. The summed E-state index contributed by atoms with van der Waals surface area (Å²) < 4.78 is 0. The first-order valence-corrected chi connectivity index (χ1v) is 7.66. The van der Waals surface area contributed by atoms with E-state index >= 15 is 0 Å². The van der Waals surface area contributed by atoms with Crippen molar-refractivity contribution in [3.8, 4) is 11.8 Å². The molecule has 0 spiro atoms. The van der Waals surface area contributed by atoms with Crippen LogP contribution in [0.5, 0.6) is 0 Å². The van der Waals surface area contributed by atoms with E-state index in [1.54, 1.807) is 50.1 Å².